The van der Waals surface area contributed by atoms with Crippen molar-refractivity contribution >= 4 is 24.0 Å². The lowest BCUT2D eigenvalue weighted by molar-refractivity contribution is 0.412. The monoisotopic (exact) mass is 421 g/mol. The minimum atomic E-state index is -2.75. The molecule has 0 aliphatic rings. The second-order valence-corrected chi connectivity index (χ2v) is 7.70. The molecular weight excluding hydrogens is 413 g/mol. The number of hydrogen-bond donors (Lipinski definition) is 0. The van der Waals surface area contributed by atoms with E-state index in [1.165, 1.54) is 25.1 Å². The van der Waals surface area contributed by atoms with Gasteiger partial charge in [0.05, 0.1) is 5.44 Å². The molecule has 2 aromatic carbocycles. The summed E-state index contributed by atoms with van der Waals surface area (Å²) >= 11 is 0. The Hall–Kier alpha value is -2.54. The molecule has 146 valence electrons. The molecule has 0 aliphatic heterocycles. The molecule has 0 atom stereocenters. The number of nitrogens with zero attached hydrogens (tertiary/aromatic N) is 1. The molecule has 0 aliphatic carbocycles. The Morgan fingerprint density at radius 3 is 1.54 bits per heavy atom. The van der Waals surface area contributed by atoms with E-state index in [1.54, 1.807) is 0 Å². The zero-order valence-electron chi connectivity index (χ0n) is 13.8. The first-order chi connectivity index (χ1) is 13.1. The lowest BCUT2D eigenvalue weighted by Gasteiger charge is -2.20. The molecule has 3 rings (SSSR count). The van der Waals surface area contributed by atoms with Crippen LogP contribution in [0.25, 0.3) is 0 Å². The molecule has 3 aromatic rings. The second kappa shape index (κ2) is 7.47. The van der Waals surface area contributed by atoms with Gasteiger partial charge in [-0.15, -0.1) is 0 Å². The van der Waals surface area contributed by atoms with E-state index in [9.17, 15) is 35.1 Å². The fraction of sp³-hybridized carbons (Fsp3) is 0.0556. The largest absolute Gasteiger partial charge is 0.253 e. The van der Waals surface area contributed by atoms with Gasteiger partial charge in [-0.1, -0.05) is 6.07 Å². The van der Waals surface area contributed by atoms with Gasteiger partial charge in [0.15, 0.2) is 46.5 Å². The van der Waals surface area contributed by atoms with Crippen molar-refractivity contribution in [1.82, 2.24) is 4.98 Å². The van der Waals surface area contributed by atoms with Crippen molar-refractivity contribution in [3.63, 3.8) is 0 Å². The van der Waals surface area contributed by atoms with Gasteiger partial charge < -0.3 is 0 Å². The molecule has 0 saturated carbocycles. The topological polar surface area (TPSA) is 12.9 Å². The number of hydrogen-bond acceptors (Lipinski definition) is 1. The predicted molar refractivity (Wildman–Crippen MR) is 87.3 cm³/mol. The maximum Gasteiger partial charge on any atom is 0.198 e. The Labute approximate surface area is 154 Å². The predicted octanol–water partition coefficient (Wildman–Crippen LogP) is 4.26. The van der Waals surface area contributed by atoms with E-state index in [1.807, 2.05) is 0 Å². The maximum atomic E-state index is 14.4. The van der Waals surface area contributed by atoms with Crippen molar-refractivity contribution in [2.75, 3.05) is 0 Å². The van der Waals surface area contributed by atoms with Gasteiger partial charge in [0.1, 0.15) is 0 Å². The van der Waals surface area contributed by atoms with Crippen LogP contribution in [0.1, 0.15) is 5.69 Å². The van der Waals surface area contributed by atoms with Crippen molar-refractivity contribution < 1.29 is 35.1 Å². The summed E-state index contributed by atoms with van der Waals surface area (Å²) in [6, 6.07) is 4.58. The SMILES string of the molecule is Cc1cccc(P(c2cc(F)c(F)c(F)c2F)c2cc(F)c(F)c(F)c2F)n1. The molecule has 1 aromatic heterocycles. The molecule has 0 radical (unpaired) electrons. The van der Waals surface area contributed by atoms with Crippen molar-refractivity contribution in [2.45, 2.75) is 6.92 Å². The fourth-order valence-electron chi connectivity index (χ4n) is 2.48. The van der Waals surface area contributed by atoms with E-state index in [-0.39, 0.29) is 17.6 Å². The molecule has 28 heavy (non-hydrogen) atoms. The van der Waals surface area contributed by atoms with Crippen molar-refractivity contribution in [3.8, 4) is 0 Å². The Kier molecular flexibility index (Phi) is 5.39. The highest BCUT2D eigenvalue weighted by atomic mass is 31.1. The quantitative estimate of drug-likeness (QED) is 0.267. The third-order valence-electron chi connectivity index (χ3n) is 3.75. The van der Waals surface area contributed by atoms with Crippen LogP contribution < -0.4 is 16.0 Å². The highest BCUT2D eigenvalue weighted by Crippen LogP contribution is 2.36. The van der Waals surface area contributed by atoms with E-state index in [2.05, 4.69) is 4.98 Å². The highest BCUT2D eigenvalue weighted by Gasteiger charge is 2.32. The van der Waals surface area contributed by atoms with Crippen molar-refractivity contribution in [1.29, 1.82) is 0 Å². The van der Waals surface area contributed by atoms with Gasteiger partial charge in [0.2, 0.25) is 0 Å². The summed E-state index contributed by atoms with van der Waals surface area (Å²) in [6.45, 7) is 1.49. The summed E-state index contributed by atoms with van der Waals surface area (Å²) in [5.41, 5.74) is 0.126. The molecule has 0 unspecified atom stereocenters. The van der Waals surface area contributed by atoms with Crippen LogP contribution in [-0.2, 0) is 0 Å². The molecule has 0 spiro atoms. The van der Waals surface area contributed by atoms with Gasteiger partial charge in [-0.3, -0.25) is 4.98 Å². The number of pyridine rings is 1. The molecular formula is C18H8F8NP. The smallest absolute Gasteiger partial charge is 0.198 e. The Balaban J connectivity index is 2.40. The normalized spacial score (nSPS) is 11.4. The first kappa shape index (κ1) is 20.2. The molecule has 0 saturated heterocycles. The summed E-state index contributed by atoms with van der Waals surface area (Å²) < 4.78 is 110. The molecule has 0 amide bonds. The van der Waals surface area contributed by atoms with E-state index in [0.29, 0.717) is 5.69 Å². The number of halogens is 8. The van der Waals surface area contributed by atoms with E-state index in [0.717, 1.165) is 0 Å². The Morgan fingerprint density at radius 2 is 1.11 bits per heavy atom. The Bertz CT molecular complexity index is 1020. The number of benzene rings is 2. The molecule has 0 fully saturated rings. The molecule has 0 bridgehead atoms. The standard InChI is InChI=1S/C18H8F8NP/c1-7-3-2-4-12(27-7)28(10-5-8(19)13(21)17(25)15(10)23)11-6-9(20)14(22)18(26)16(11)24/h2-6H,1H3. The zero-order valence-corrected chi connectivity index (χ0v) is 14.7. The maximum absolute atomic E-state index is 14.4. The first-order valence-corrected chi connectivity index (χ1v) is 8.87. The summed E-state index contributed by atoms with van der Waals surface area (Å²) in [5.74, 6) is -15.9. The van der Waals surface area contributed by atoms with Gasteiger partial charge >= 0.3 is 0 Å². The van der Waals surface area contributed by atoms with Gasteiger partial charge in [-0.2, -0.15) is 0 Å². The number of rotatable bonds is 3. The van der Waals surface area contributed by atoms with Gasteiger partial charge in [-0.05, 0) is 31.2 Å². The average molecular weight is 421 g/mol. The van der Waals surface area contributed by atoms with Crippen molar-refractivity contribution in [2.24, 2.45) is 0 Å². The third kappa shape index (κ3) is 3.35. The summed E-state index contributed by atoms with van der Waals surface area (Å²) in [5, 5.41) is -1.82. The van der Waals surface area contributed by atoms with Crippen LogP contribution in [0, 0.1) is 53.5 Å². The van der Waals surface area contributed by atoms with E-state index >= 15 is 0 Å². The van der Waals surface area contributed by atoms with Gasteiger partial charge in [0, 0.05) is 24.2 Å². The van der Waals surface area contributed by atoms with Crippen LogP contribution in [-0.4, -0.2) is 4.98 Å². The Morgan fingerprint density at radius 1 is 0.643 bits per heavy atom. The van der Waals surface area contributed by atoms with Crippen LogP contribution >= 0.6 is 7.92 Å². The number of aryl methyl sites for hydroxylation is 1. The molecule has 0 N–H and O–H groups in total. The fourth-order valence-corrected chi connectivity index (χ4v) is 4.80. The summed E-state index contributed by atoms with van der Waals surface area (Å²) in [6.07, 6.45) is 0. The lowest BCUT2D eigenvalue weighted by Crippen LogP contribution is -2.30. The van der Waals surface area contributed by atoms with Crippen LogP contribution in [0.4, 0.5) is 35.1 Å². The minimum absolute atomic E-state index is 0.191. The third-order valence-corrected chi connectivity index (χ3v) is 6.07. The molecule has 10 heteroatoms. The highest BCUT2D eigenvalue weighted by molar-refractivity contribution is 7.79. The lowest BCUT2D eigenvalue weighted by atomic mass is 10.3. The van der Waals surface area contributed by atoms with Crippen LogP contribution in [0.15, 0.2) is 30.3 Å². The first-order valence-electron chi connectivity index (χ1n) is 7.53. The van der Waals surface area contributed by atoms with E-state index in [4.69, 9.17) is 0 Å². The van der Waals surface area contributed by atoms with Crippen LogP contribution in [0.2, 0.25) is 0 Å². The van der Waals surface area contributed by atoms with Crippen LogP contribution in [0.5, 0.6) is 0 Å². The number of aromatic nitrogens is 1. The summed E-state index contributed by atoms with van der Waals surface area (Å²) in [7, 11) is -2.75. The van der Waals surface area contributed by atoms with Gasteiger partial charge in [0.25, 0.3) is 0 Å². The van der Waals surface area contributed by atoms with Crippen molar-refractivity contribution in [3.05, 3.63) is 82.6 Å². The van der Waals surface area contributed by atoms with Gasteiger partial charge in [-0.25, -0.2) is 35.1 Å². The summed E-state index contributed by atoms with van der Waals surface area (Å²) in [4.78, 5) is 3.99. The molecule has 1 heterocycles. The zero-order chi connectivity index (χ0) is 20.7. The molecule has 1 nitrogen and oxygen atoms in total. The van der Waals surface area contributed by atoms with Crippen LogP contribution in [0.3, 0.4) is 0 Å². The van der Waals surface area contributed by atoms with E-state index < -0.39 is 65.1 Å². The second-order valence-electron chi connectivity index (χ2n) is 5.61. The minimum Gasteiger partial charge on any atom is -0.253 e. The average Bonchev–Trinajstić information content (AvgIpc) is 2.66.